The summed E-state index contributed by atoms with van der Waals surface area (Å²) in [6, 6.07) is 0. The van der Waals surface area contributed by atoms with E-state index in [1.807, 2.05) is 0 Å². The van der Waals surface area contributed by atoms with E-state index < -0.39 is 45.8 Å². The Morgan fingerprint density at radius 1 is 1.18 bits per heavy atom. The average molecular weight is 300 g/mol. The summed E-state index contributed by atoms with van der Waals surface area (Å²) in [7, 11) is -7.73. The minimum Gasteiger partial charge on any atom is -0.302 e. The normalized spacial score (nSPS) is 14.5. The van der Waals surface area contributed by atoms with Crippen LogP contribution >= 0.6 is 0 Å². The van der Waals surface area contributed by atoms with E-state index in [1.165, 1.54) is 0 Å². The van der Waals surface area contributed by atoms with Crippen LogP contribution in [-0.4, -0.2) is 48.1 Å². The smallest absolute Gasteiger partial charge is 0.248 e. The third-order valence-corrected chi connectivity index (χ3v) is 4.25. The van der Waals surface area contributed by atoms with E-state index >= 15 is 0 Å². The monoisotopic (exact) mass is 300 g/mol. The Morgan fingerprint density at radius 3 is 2.06 bits per heavy atom. The molecule has 0 radical (unpaired) electrons. The van der Waals surface area contributed by atoms with Crippen LogP contribution in [0.2, 0.25) is 0 Å². The first-order chi connectivity index (χ1) is 7.53. The van der Waals surface area contributed by atoms with Crippen LogP contribution in [0, 0.1) is 0 Å². The van der Waals surface area contributed by atoms with E-state index in [4.69, 9.17) is 4.55 Å². The number of hydrogen-bond donors (Lipinski definition) is 1. The Morgan fingerprint density at radius 2 is 1.71 bits per heavy atom. The Balaban J connectivity index is 3.69. The molecule has 0 saturated carbocycles. The highest BCUT2D eigenvalue weighted by Crippen LogP contribution is 2.16. The maximum Gasteiger partial charge on any atom is 0.248 e. The maximum absolute atomic E-state index is 11.3. The SMILES string of the molecule is CS(=O)(=O)c1ncc(S(=O)O)c(S(C)(=O)=O)n1. The third kappa shape index (κ3) is 3.28. The van der Waals surface area contributed by atoms with Gasteiger partial charge in [-0.1, -0.05) is 0 Å². The molecule has 0 aliphatic heterocycles. The largest absolute Gasteiger partial charge is 0.302 e. The Kier molecular flexibility index (Phi) is 3.66. The van der Waals surface area contributed by atoms with Crippen molar-refractivity contribution >= 4 is 30.8 Å². The maximum atomic E-state index is 11.3. The standard InChI is InChI=1S/C6H8N2O6S3/c1-16(11,12)5-4(15(9)10)3-7-6(8-5)17(2,13)14/h3H,1-2H3,(H,9,10). The highest BCUT2D eigenvalue weighted by atomic mass is 32.2. The Hall–Kier alpha value is -0.910. The van der Waals surface area contributed by atoms with Crippen LogP contribution in [0.1, 0.15) is 0 Å². The fourth-order valence-corrected chi connectivity index (χ4v) is 3.14. The van der Waals surface area contributed by atoms with Crippen molar-refractivity contribution < 1.29 is 25.6 Å². The van der Waals surface area contributed by atoms with Gasteiger partial charge in [-0.2, -0.15) is 0 Å². The van der Waals surface area contributed by atoms with Gasteiger partial charge in [0.15, 0.2) is 25.9 Å². The predicted molar refractivity (Wildman–Crippen MR) is 57.3 cm³/mol. The van der Waals surface area contributed by atoms with Crippen LogP contribution in [-0.2, 0) is 30.8 Å². The lowest BCUT2D eigenvalue weighted by molar-refractivity contribution is 0.549. The van der Waals surface area contributed by atoms with E-state index in [1.54, 1.807) is 0 Å². The van der Waals surface area contributed by atoms with Crippen LogP contribution in [0.5, 0.6) is 0 Å². The van der Waals surface area contributed by atoms with Crippen LogP contribution in [0.25, 0.3) is 0 Å². The zero-order valence-corrected chi connectivity index (χ0v) is 11.1. The van der Waals surface area contributed by atoms with Gasteiger partial charge in [0, 0.05) is 12.5 Å². The van der Waals surface area contributed by atoms with Gasteiger partial charge in [0.1, 0.15) is 4.90 Å². The van der Waals surface area contributed by atoms with Gasteiger partial charge in [0.2, 0.25) is 15.0 Å². The first-order valence-electron chi connectivity index (χ1n) is 3.91. The summed E-state index contributed by atoms with van der Waals surface area (Å²) in [6.45, 7) is 0. The van der Waals surface area contributed by atoms with E-state index in [0.29, 0.717) is 6.20 Å². The van der Waals surface area contributed by atoms with Crippen molar-refractivity contribution in [2.24, 2.45) is 0 Å². The second-order valence-electron chi connectivity index (χ2n) is 3.12. The van der Waals surface area contributed by atoms with Gasteiger partial charge >= 0.3 is 0 Å². The first-order valence-corrected chi connectivity index (χ1v) is 8.80. The molecule has 0 saturated heterocycles. The lowest BCUT2D eigenvalue weighted by Crippen LogP contribution is -2.12. The lowest BCUT2D eigenvalue weighted by atomic mass is 10.7. The van der Waals surface area contributed by atoms with Crippen LogP contribution in [0.15, 0.2) is 21.3 Å². The molecule has 0 bridgehead atoms. The fourth-order valence-electron chi connectivity index (χ4n) is 0.904. The molecule has 11 heteroatoms. The molecule has 0 aliphatic carbocycles. The molecular formula is C6H8N2O6S3. The quantitative estimate of drug-likeness (QED) is 0.421. The second kappa shape index (κ2) is 4.40. The average Bonchev–Trinajstić information content (AvgIpc) is 2.14. The highest BCUT2D eigenvalue weighted by Gasteiger charge is 2.23. The molecule has 1 aromatic rings. The minimum absolute atomic E-state index is 0.556. The highest BCUT2D eigenvalue weighted by molar-refractivity contribution is 7.91. The molecule has 8 nitrogen and oxygen atoms in total. The zero-order valence-electron chi connectivity index (χ0n) is 8.68. The van der Waals surface area contributed by atoms with Crippen molar-refractivity contribution in [3.05, 3.63) is 6.20 Å². The molecule has 0 fully saturated rings. The van der Waals surface area contributed by atoms with Crippen LogP contribution in [0.4, 0.5) is 0 Å². The van der Waals surface area contributed by atoms with Crippen molar-refractivity contribution in [2.75, 3.05) is 12.5 Å². The number of rotatable bonds is 3. The molecule has 1 rings (SSSR count). The number of sulfone groups is 2. The molecule has 17 heavy (non-hydrogen) atoms. The molecule has 0 spiro atoms. The van der Waals surface area contributed by atoms with Gasteiger partial charge in [0.25, 0.3) is 0 Å². The van der Waals surface area contributed by atoms with Crippen molar-refractivity contribution in [3.63, 3.8) is 0 Å². The van der Waals surface area contributed by atoms with Crippen molar-refractivity contribution in [2.45, 2.75) is 15.1 Å². The minimum atomic E-state index is -3.93. The van der Waals surface area contributed by atoms with E-state index in [2.05, 4.69) is 9.97 Å². The summed E-state index contributed by atoms with van der Waals surface area (Å²) in [6.07, 6.45) is 2.25. The van der Waals surface area contributed by atoms with Gasteiger partial charge in [0.05, 0.1) is 6.20 Å². The van der Waals surface area contributed by atoms with Gasteiger partial charge in [-0.25, -0.2) is 31.0 Å². The summed E-state index contributed by atoms with van der Waals surface area (Å²) in [5.41, 5.74) is 0. The number of aromatic nitrogens is 2. The molecule has 0 amide bonds. The lowest BCUT2D eigenvalue weighted by Gasteiger charge is -2.04. The zero-order chi connectivity index (χ0) is 13.4. The number of hydrogen-bond acceptors (Lipinski definition) is 7. The topological polar surface area (TPSA) is 131 Å². The molecule has 1 N–H and O–H groups in total. The van der Waals surface area contributed by atoms with Crippen molar-refractivity contribution in [3.8, 4) is 0 Å². The Bertz CT molecular complexity index is 678. The molecule has 0 aliphatic rings. The fraction of sp³-hybridized carbons (Fsp3) is 0.333. The predicted octanol–water partition coefficient (Wildman–Crippen LogP) is -1.14. The van der Waals surface area contributed by atoms with Gasteiger partial charge in [-0.3, -0.25) is 0 Å². The molecular weight excluding hydrogens is 292 g/mol. The van der Waals surface area contributed by atoms with Gasteiger partial charge in [-0.05, 0) is 0 Å². The summed E-state index contributed by atoms with van der Waals surface area (Å²) in [5.74, 6) is 0. The summed E-state index contributed by atoms with van der Waals surface area (Å²) in [4.78, 5) is 6.07. The summed E-state index contributed by atoms with van der Waals surface area (Å²) in [5, 5.41) is -1.49. The molecule has 0 aromatic carbocycles. The first kappa shape index (κ1) is 14.2. The summed E-state index contributed by atoms with van der Waals surface area (Å²) >= 11 is -2.62. The van der Waals surface area contributed by atoms with Crippen LogP contribution in [0.3, 0.4) is 0 Å². The molecule has 1 aromatic heterocycles. The number of nitrogens with zero attached hydrogens (tertiary/aromatic N) is 2. The third-order valence-electron chi connectivity index (χ3n) is 1.57. The van der Waals surface area contributed by atoms with Gasteiger partial charge < -0.3 is 4.55 Å². The van der Waals surface area contributed by atoms with Gasteiger partial charge in [-0.15, -0.1) is 0 Å². The molecule has 1 heterocycles. The van der Waals surface area contributed by atoms with E-state index in [0.717, 1.165) is 12.5 Å². The van der Waals surface area contributed by atoms with E-state index in [-0.39, 0.29) is 0 Å². The second-order valence-corrected chi connectivity index (χ2v) is 7.89. The van der Waals surface area contributed by atoms with E-state index in [9.17, 15) is 21.0 Å². The van der Waals surface area contributed by atoms with Crippen LogP contribution < -0.4 is 0 Å². The molecule has 1 atom stereocenters. The van der Waals surface area contributed by atoms with Crippen molar-refractivity contribution in [1.82, 2.24) is 9.97 Å². The summed E-state index contributed by atoms with van der Waals surface area (Å²) < 4.78 is 64.6. The Labute approximate surface area is 100 Å². The molecule has 1 unspecified atom stereocenters. The molecule has 96 valence electrons. The van der Waals surface area contributed by atoms with Crippen molar-refractivity contribution in [1.29, 1.82) is 0 Å².